The molecule has 2 rings (SSSR count). The average molecular weight is 388 g/mol. The summed E-state index contributed by atoms with van der Waals surface area (Å²) in [6, 6.07) is 10.6. The second-order valence-electron chi connectivity index (χ2n) is 4.60. The van der Waals surface area contributed by atoms with Crippen LogP contribution >= 0.6 is 39.1 Å². The lowest BCUT2D eigenvalue weighted by Crippen LogP contribution is -2.26. The molecule has 1 atom stereocenters. The molecule has 0 unspecified atom stereocenters. The summed E-state index contributed by atoms with van der Waals surface area (Å²) in [6.07, 6.45) is 0. The summed E-state index contributed by atoms with van der Waals surface area (Å²) in [5.74, 6) is -0.258. The Morgan fingerprint density at radius 3 is 2.43 bits per heavy atom. The maximum absolute atomic E-state index is 12.2. The summed E-state index contributed by atoms with van der Waals surface area (Å²) in [5.41, 5.74) is 7.30. The molecule has 0 heterocycles. The molecule has 3 N–H and O–H groups in total. The predicted octanol–water partition coefficient (Wildman–Crippen LogP) is 4.83. The number of rotatable bonds is 3. The molecule has 0 saturated heterocycles. The largest absolute Gasteiger partial charge is 0.396 e. The SMILES string of the molecule is C[C@@H](NC(=O)c1cc(Cl)c(N)c(Cl)c1)c1cccc(Br)c1. The van der Waals surface area contributed by atoms with Crippen molar-refractivity contribution in [1.82, 2.24) is 5.32 Å². The highest BCUT2D eigenvalue weighted by Gasteiger charge is 2.14. The monoisotopic (exact) mass is 386 g/mol. The number of hydrogen-bond donors (Lipinski definition) is 2. The summed E-state index contributed by atoms with van der Waals surface area (Å²) in [6.45, 7) is 1.90. The Labute approximate surface area is 141 Å². The lowest BCUT2D eigenvalue weighted by molar-refractivity contribution is 0.0940. The van der Waals surface area contributed by atoms with Crippen molar-refractivity contribution in [2.24, 2.45) is 0 Å². The van der Waals surface area contributed by atoms with Gasteiger partial charge in [0.25, 0.3) is 5.91 Å². The first-order valence-electron chi connectivity index (χ1n) is 6.19. The number of amides is 1. The minimum Gasteiger partial charge on any atom is -0.396 e. The van der Waals surface area contributed by atoms with Crippen LogP contribution in [0.5, 0.6) is 0 Å². The van der Waals surface area contributed by atoms with Gasteiger partial charge < -0.3 is 11.1 Å². The second-order valence-corrected chi connectivity index (χ2v) is 6.33. The normalized spacial score (nSPS) is 12.0. The Kier molecular flexibility index (Phi) is 5.14. The minimum atomic E-state index is -0.258. The molecule has 0 aliphatic carbocycles. The molecule has 21 heavy (non-hydrogen) atoms. The molecule has 2 aromatic rings. The van der Waals surface area contributed by atoms with E-state index in [1.807, 2.05) is 31.2 Å². The number of anilines is 1. The van der Waals surface area contributed by atoms with Crippen LogP contribution in [0.4, 0.5) is 5.69 Å². The molecule has 0 saturated carbocycles. The molecule has 6 heteroatoms. The van der Waals surface area contributed by atoms with E-state index >= 15 is 0 Å². The summed E-state index contributed by atoms with van der Waals surface area (Å²) < 4.78 is 0.958. The third-order valence-electron chi connectivity index (χ3n) is 3.04. The number of nitrogen functional groups attached to an aromatic ring is 1. The lowest BCUT2D eigenvalue weighted by Gasteiger charge is -2.15. The van der Waals surface area contributed by atoms with Crippen molar-refractivity contribution in [3.8, 4) is 0 Å². The smallest absolute Gasteiger partial charge is 0.251 e. The highest BCUT2D eigenvalue weighted by Crippen LogP contribution is 2.29. The van der Waals surface area contributed by atoms with Gasteiger partial charge in [-0.1, -0.05) is 51.3 Å². The quantitative estimate of drug-likeness (QED) is 0.741. The van der Waals surface area contributed by atoms with Crippen molar-refractivity contribution in [3.63, 3.8) is 0 Å². The Morgan fingerprint density at radius 2 is 1.86 bits per heavy atom. The number of halogens is 3. The van der Waals surface area contributed by atoms with Crippen molar-refractivity contribution < 1.29 is 4.79 Å². The molecule has 0 spiro atoms. The zero-order valence-corrected chi connectivity index (χ0v) is 14.3. The van der Waals surface area contributed by atoms with E-state index in [1.54, 1.807) is 0 Å². The van der Waals surface area contributed by atoms with Gasteiger partial charge in [-0.25, -0.2) is 0 Å². The second kappa shape index (κ2) is 6.69. The van der Waals surface area contributed by atoms with Crippen molar-refractivity contribution in [2.45, 2.75) is 13.0 Å². The van der Waals surface area contributed by atoms with Gasteiger partial charge in [0.2, 0.25) is 0 Å². The molecule has 110 valence electrons. The fourth-order valence-electron chi connectivity index (χ4n) is 1.85. The van der Waals surface area contributed by atoms with Crippen molar-refractivity contribution >= 4 is 50.7 Å². The number of carbonyl (C=O) groups is 1. The Balaban J connectivity index is 2.18. The van der Waals surface area contributed by atoms with E-state index in [-0.39, 0.29) is 27.7 Å². The standard InChI is InChI=1S/C15H13BrCl2N2O/c1-8(9-3-2-4-11(16)5-9)20-15(21)10-6-12(17)14(19)13(18)7-10/h2-8H,19H2,1H3,(H,20,21)/t8-/m1/s1. The zero-order valence-electron chi connectivity index (χ0n) is 11.2. The van der Waals surface area contributed by atoms with E-state index in [2.05, 4.69) is 21.2 Å². The first-order chi connectivity index (χ1) is 9.88. The fraction of sp³-hybridized carbons (Fsp3) is 0.133. The molecule has 0 aromatic heterocycles. The minimum absolute atomic E-state index is 0.148. The highest BCUT2D eigenvalue weighted by molar-refractivity contribution is 9.10. The zero-order chi connectivity index (χ0) is 15.6. The van der Waals surface area contributed by atoms with Gasteiger partial charge in [-0.15, -0.1) is 0 Å². The van der Waals surface area contributed by atoms with Crippen molar-refractivity contribution in [1.29, 1.82) is 0 Å². The van der Waals surface area contributed by atoms with E-state index in [9.17, 15) is 4.79 Å². The number of hydrogen-bond acceptors (Lipinski definition) is 2. The van der Waals surface area contributed by atoms with Gasteiger partial charge in [0, 0.05) is 10.0 Å². The van der Waals surface area contributed by atoms with Crippen LogP contribution in [0.1, 0.15) is 28.9 Å². The molecular weight excluding hydrogens is 375 g/mol. The van der Waals surface area contributed by atoms with Crippen LogP contribution in [0, 0.1) is 0 Å². The lowest BCUT2D eigenvalue weighted by atomic mass is 10.1. The van der Waals surface area contributed by atoms with E-state index in [4.69, 9.17) is 28.9 Å². The van der Waals surface area contributed by atoms with E-state index in [0.29, 0.717) is 5.56 Å². The maximum atomic E-state index is 12.2. The topological polar surface area (TPSA) is 55.1 Å². The number of benzene rings is 2. The maximum Gasteiger partial charge on any atom is 0.251 e. The molecule has 0 bridgehead atoms. The summed E-state index contributed by atoms with van der Waals surface area (Å²) >= 11 is 15.3. The third kappa shape index (κ3) is 3.90. The highest BCUT2D eigenvalue weighted by atomic mass is 79.9. The van der Waals surface area contributed by atoms with Crippen LogP contribution in [-0.4, -0.2) is 5.91 Å². The number of carbonyl (C=O) groups excluding carboxylic acids is 1. The van der Waals surface area contributed by atoms with E-state index in [1.165, 1.54) is 12.1 Å². The molecule has 2 aromatic carbocycles. The Bertz CT molecular complexity index is 668. The van der Waals surface area contributed by atoms with Gasteiger partial charge in [-0.3, -0.25) is 4.79 Å². The van der Waals surface area contributed by atoms with Gasteiger partial charge in [-0.2, -0.15) is 0 Å². The van der Waals surface area contributed by atoms with Crippen LogP contribution in [0.3, 0.4) is 0 Å². The molecule has 0 radical (unpaired) electrons. The van der Waals surface area contributed by atoms with Crippen LogP contribution in [-0.2, 0) is 0 Å². The van der Waals surface area contributed by atoms with Crippen LogP contribution < -0.4 is 11.1 Å². The van der Waals surface area contributed by atoms with Crippen LogP contribution in [0.25, 0.3) is 0 Å². The predicted molar refractivity (Wildman–Crippen MR) is 90.9 cm³/mol. The third-order valence-corrected chi connectivity index (χ3v) is 4.16. The molecule has 3 nitrogen and oxygen atoms in total. The van der Waals surface area contributed by atoms with Gasteiger partial charge >= 0.3 is 0 Å². The van der Waals surface area contributed by atoms with Gasteiger partial charge in [0.05, 0.1) is 21.8 Å². The Morgan fingerprint density at radius 1 is 1.24 bits per heavy atom. The summed E-state index contributed by atoms with van der Waals surface area (Å²) in [7, 11) is 0. The molecule has 0 aliphatic rings. The molecule has 0 aliphatic heterocycles. The van der Waals surface area contributed by atoms with Gasteiger partial charge in [0.15, 0.2) is 0 Å². The molecular formula is C15H13BrCl2N2O. The van der Waals surface area contributed by atoms with E-state index in [0.717, 1.165) is 10.0 Å². The Hall–Kier alpha value is -1.23. The van der Waals surface area contributed by atoms with Gasteiger partial charge in [0.1, 0.15) is 0 Å². The fourth-order valence-corrected chi connectivity index (χ4v) is 2.76. The summed E-state index contributed by atoms with van der Waals surface area (Å²) in [5, 5.41) is 3.43. The van der Waals surface area contributed by atoms with Crippen molar-refractivity contribution in [3.05, 3.63) is 62.0 Å². The molecule has 1 amide bonds. The molecule has 0 fully saturated rings. The summed E-state index contributed by atoms with van der Waals surface area (Å²) in [4.78, 5) is 12.2. The number of nitrogens with one attached hydrogen (secondary N) is 1. The van der Waals surface area contributed by atoms with Crippen LogP contribution in [0.2, 0.25) is 10.0 Å². The first-order valence-corrected chi connectivity index (χ1v) is 7.74. The number of nitrogens with two attached hydrogens (primary N) is 1. The van der Waals surface area contributed by atoms with Crippen molar-refractivity contribution in [2.75, 3.05) is 5.73 Å². The van der Waals surface area contributed by atoms with Crippen LogP contribution in [0.15, 0.2) is 40.9 Å². The average Bonchev–Trinajstić information content (AvgIpc) is 2.44. The van der Waals surface area contributed by atoms with E-state index < -0.39 is 0 Å². The first kappa shape index (κ1) is 16.1. The van der Waals surface area contributed by atoms with Gasteiger partial charge in [-0.05, 0) is 36.8 Å².